The number of carbonyl (C=O) groups excluding carboxylic acids is 1. The number of nitrogens with one attached hydrogen (secondary N) is 1. The van der Waals surface area contributed by atoms with Crippen LogP contribution in [0.25, 0.3) is 17.0 Å². The molecule has 0 fully saturated rings. The van der Waals surface area contributed by atoms with E-state index in [0.717, 1.165) is 33.6 Å². The lowest BCUT2D eigenvalue weighted by Crippen LogP contribution is -2.22. The summed E-state index contributed by atoms with van der Waals surface area (Å²) < 4.78 is 5.13. The normalized spacial score (nSPS) is 9.98. The minimum absolute atomic E-state index is 0.0620. The van der Waals surface area contributed by atoms with Crippen LogP contribution >= 0.6 is 11.6 Å². The standard InChI is InChI=1S/C25H19ClN2O2.C5H10O3.3C2H6/c1-30-21-9-6-18(7-10-21)25(29)12-5-17-3-2-4-20(15-17)28-23-13-14-27-24-16-19(26)8-11-22(23)24;1-5(2,8)3-4(6)7;3*1-2/h2-16H,1H3,(H,27,28);8H,3H2,1-2H3,(H,6,7);3*1-2H3/b12-5+;;;;. The second-order valence-electron chi connectivity index (χ2n) is 9.08. The SMILES string of the molecule is CC.CC.CC.CC(C)(O)CC(=O)O.COc1ccc(C(=O)/C=C/c2cccc(Nc3ccnc4cc(Cl)ccc34)c2)cc1. The number of hydrogen-bond acceptors (Lipinski definition) is 6. The number of aliphatic hydroxyl groups is 1. The van der Waals surface area contributed by atoms with Gasteiger partial charge in [-0.15, -0.1) is 0 Å². The molecular formula is C36H47ClN2O5. The molecule has 8 heteroatoms. The molecule has 7 nitrogen and oxygen atoms in total. The largest absolute Gasteiger partial charge is 0.497 e. The molecule has 0 atom stereocenters. The Hall–Kier alpha value is -4.20. The number of ketones is 1. The fraction of sp³-hybridized carbons (Fsp3) is 0.306. The molecular weight excluding hydrogens is 576 g/mol. The summed E-state index contributed by atoms with van der Waals surface area (Å²) in [5.74, 6) is -0.314. The molecule has 3 N–H and O–H groups in total. The van der Waals surface area contributed by atoms with Crippen molar-refractivity contribution < 1.29 is 24.5 Å². The number of carboxylic acid groups (broad SMARTS) is 1. The molecule has 0 unspecified atom stereocenters. The van der Waals surface area contributed by atoms with Crippen molar-refractivity contribution in [1.82, 2.24) is 4.98 Å². The number of nitrogens with zero attached hydrogens (tertiary/aromatic N) is 1. The number of aromatic nitrogens is 1. The summed E-state index contributed by atoms with van der Waals surface area (Å²) in [6, 6.07) is 22.5. The van der Waals surface area contributed by atoms with Crippen LogP contribution in [0.5, 0.6) is 5.75 Å². The van der Waals surface area contributed by atoms with Gasteiger partial charge < -0.3 is 20.3 Å². The van der Waals surface area contributed by atoms with Gasteiger partial charge in [0.1, 0.15) is 5.75 Å². The van der Waals surface area contributed by atoms with E-state index >= 15 is 0 Å². The number of rotatable bonds is 8. The summed E-state index contributed by atoms with van der Waals surface area (Å²) in [7, 11) is 1.60. The van der Waals surface area contributed by atoms with E-state index in [1.807, 2.05) is 96.1 Å². The average molecular weight is 623 g/mol. The Labute approximate surface area is 267 Å². The van der Waals surface area contributed by atoms with Crippen LogP contribution in [0.1, 0.15) is 77.7 Å². The van der Waals surface area contributed by atoms with E-state index in [4.69, 9.17) is 26.6 Å². The molecule has 0 aliphatic rings. The van der Waals surface area contributed by atoms with Crippen molar-refractivity contribution >= 4 is 51.7 Å². The maximum absolute atomic E-state index is 12.4. The van der Waals surface area contributed by atoms with Crippen LogP contribution in [-0.2, 0) is 4.79 Å². The lowest BCUT2D eigenvalue weighted by atomic mass is 10.1. The maximum Gasteiger partial charge on any atom is 0.306 e. The highest BCUT2D eigenvalue weighted by Gasteiger charge is 2.16. The first-order valence-corrected chi connectivity index (χ1v) is 15.1. The van der Waals surface area contributed by atoms with Crippen molar-refractivity contribution in [3.8, 4) is 5.75 Å². The van der Waals surface area contributed by atoms with Gasteiger partial charge in [-0.2, -0.15) is 0 Å². The van der Waals surface area contributed by atoms with Gasteiger partial charge in [-0.1, -0.05) is 71.4 Å². The molecule has 4 aromatic rings. The zero-order valence-electron chi connectivity index (χ0n) is 27.3. The highest BCUT2D eigenvalue weighted by atomic mass is 35.5. The number of fused-ring (bicyclic) bond motifs is 1. The Morgan fingerprint density at radius 3 is 2.11 bits per heavy atom. The highest BCUT2D eigenvalue weighted by Crippen LogP contribution is 2.27. The molecule has 0 aliphatic carbocycles. The molecule has 0 saturated heterocycles. The second kappa shape index (κ2) is 21.5. The molecule has 238 valence electrons. The summed E-state index contributed by atoms with van der Waals surface area (Å²) in [6.07, 6.45) is 4.93. The van der Waals surface area contributed by atoms with E-state index in [1.54, 1.807) is 43.6 Å². The van der Waals surface area contributed by atoms with Gasteiger partial charge in [-0.05, 0) is 86.2 Å². The van der Waals surface area contributed by atoms with Gasteiger partial charge in [-0.25, -0.2) is 0 Å². The third-order valence-electron chi connectivity index (χ3n) is 5.26. The lowest BCUT2D eigenvalue weighted by molar-refractivity contribution is -0.141. The fourth-order valence-electron chi connectivity index (χ4n) is 3.50. The van der Waals surface area contributed by atoms with E-state index in [-0.39, 0.29) is 12.2 Å². The van der Waals surface area contributed by atoms with Gasteiger partial charge in [0.25, 0.3) is 0 Å². The van der Waals surface area contributed by atoms with Crippen LogP contribution in [-0.4, -0.2) is 39.7 Å². The van der Waals surface area contributed by atoms with Gasteiger partial charge in [0, 0.05) is 33.5 Å². The fourth-order valence-corrected chi connectivity index (χ4v) is 3.67. The van der Waals surface area contributed by atoms with Crippen LogP contribution < -0.4 is 10.1 Å². The smallest absolute Gasteiger partial charge is 0.306 e. The van der Waals surface area contributed by atoms with Gasteiger partial charge in [-0.3, -0.25) is 14.6 Å². The zero-order chi connectivity index (χ0) is 33.7. The molecule has 0 spiro atoms. The van der Waals surface area contributed by atoms with E-state index in [9.17, 15) is 9.59 Å². The molecule has 3 aromatic carbocycles. The first-order valence-electron chi connectivity index (χ1n) is 14.8. The Kier molecular flexibility index (Phi) is 19.4. The number of anilines is 2. The van der Waals surface area contributed by atoms with Crippen LogP contribution in [0.15, 0.2) is 85.1 Å². The Morgan fingerprint density at radius 2 is 1.57 bits per heavy atom. The molecule has 0 amide bonds. The van der Waals surface area contributed by atoms with Gasteiger partial charge in [0.05, 0.1) is 24.6 Å². The van der Waals surface area contributed by atoms with Gasteiger partial charge in [0.2, 0.25) is 0 Å². The highest BCUT2D eigenvalue weighted by molar-refractivity contribution is 6.31. The first kappa shape index (κ1) is 39.8. The average Bonchev–Trinajstić information content (AvgIpc) is 3.02. The van der Waals surface area contributed by atoms with Gasteiger partial charge in [0.15, 0.2) is 5.78 Å². The third kappa shape index (κ3) is 14.8. The zero-order valence-corrected chi connectivity index (χ0v) is 28.1. The van der Waals surface area contributed by atoms with Crippen molar-refractivity contribution in [2.45, 2.75) is 67.4 Å². The Bertz CT molecular complexity index is 1450. The van der Waals surface area contributed by atoms with E-state index in [2.05, 4.69) is 10.3 Å². The first-order chi connectivity index (χ1) is 21.0. The summed E-state index contributed by atoms with van der Waals surface area (Å²) >= 11 is 6.07. The number of carbonyl (C=O) groups is 2. The topological polar surface area (TPSA) is 109 Å². The number of benzene rings is 3. The monoisotopic (exact) mass is 622 g/mol. The number of hydrogen-bond donors (Lipinski definition) is 3. The number of methoxy groups -OCH3 is 1. The van der Waals surface area contributed by atoms with E-state index in [0.29, 0.717) is 10.6 Å². The molecule has 1 aromatic heterocycles. The number of aliphatic carboxylic acids is 1. The van der Waals surface area contributed by atoms with Crippen molar-refractivity contribution in [2.24, 2.45) is 0 Å². The minimum atomic E-state index is -1.08. The molecule has 0 radical (unpaired) electrons. The summed E-state index contributed by atoms with van der Waals surface area (Å²) in [6.45, 7) is 14.9. The summed E-state index contributed by atoms with van der Waals surface area (Å²) in [4.78, 5) is 26.6. The molecule has 0 bridgehead atoms. The molecule has 1 heterocycles. The minimum Gasteiger partial charge on any atom is -0.497 e. The summed E-state index contributed by atoms with van der Waals surface area (Å²) in [5.41, 5.74) is 3.13. The number of carboxylic acids is 1. The number of ether oxygens (including phenoxy) is 1. The van der Waals surface area contributed by atoms with Crippen molar-refractivity contribution in [1.29, 1.82) is 0 Å². The van der Waals surface area contributed by atoms with Crippen molar-refractivity contribution in [2.75, 3.05) is 12.4 Å². The Morgan fingerprint density at radius 1 is 0.932 bits per heavy atom. The van der Waals surface area contributed by atoms with E-state index < -0.39 is 11.6 Å². The number of halogens is 1. The molecule has 0 aliphatic heterocycles. The quantitative estimate of drug-likeness (QED) is 0.132. The predicted molar refractivity (Wildman–Crippen MR) is 185 cm³/mol. The number of pyridine rings is 1. The van der Waals surface area contributed by atoms with Crippen molar-refractivity contribution in [3.63, 3.8) is 0 Å². The third-order valence-corrected chi connectivity index (χ3v) is 5.49. The van der Waals surface area contributed by atoms with Crippen molar-refractivity contribution in [3.05, 3.63) is 101 Å². The summed E-state index contributed by atoms with van der Waals surface area (Å²) in [5, 5.41) is 22.0. The molecule has 0 saturated carbocycles. The van der Waals surface area contributed by atoms with Gasteiger partial charge >= 0.3 is 5.97 Å². The second-order valence-corrected chi connectivity index (χ2v) is 9.52. The number of allylic oxidation sites excluding steroid dienone is 1. The maximum atomic E-state index is 12.4. The predicted octanol–water partition coefficient (Wildman–Crippen LogP) is 9.85. The van der Waals surface area contributed by atoms with Crippen LogP contribution in [0.4, 0.5) is 11.4 Å². The van der Waals surface area contributed by atoms with E-state index in [1.165, 1.54) is 13.8 Å². The van der Waals surface area contributed by atoms with Crippen LogP contribution in [0.3, 0.4) is 0 Å². The Balaban J connectivity index is 0.00000113. The van der Waals surface area contributed by atoms with Crippen LogP contribution in [0.2, 0.25) is 5.02 Å². The van der Waals surface area contributed by atoms with Crippen LogP contribution in [0, 0.1) is 0 Å². The molecule has 4 rings (SSSR count). The molecule has 44 heavy (non-hydrogen) atoms. The lowest BCUT2D eigenvalue weighted by Gasteiger charge is -2.12.